The number of carboxylic acid groups (broad SMARTS) is 1. The molecule has 1 atom stereocenters. The number of hydrogen-bond donors (Lipinski definition) is 2. The van der Waals surface area contributed by atoms with E-state index < -0.39 is 22.0 Å². The molecule has 1 fully saturated rings. The molecule has 44 heavy (non-hydrogen) atoms. The molecule has 3 aliphatic rings. The third-order valence-electron chi connectivity index (χ3n) is 8.56. The minimum absolute atomic E-state index is 0.276. The highest BCUT2D eigenvalue weighted by Crippen LogP contribution is 2.33. The van der Waals surface area contributed by atoms with Gasteiger partial charge in [0.1, 0.15) is 6.04 Å². The fourth-order valence-corrected chi connectivity index (χ4v) is 7.06. The van der Waals surface area contributed by atoms with E-state index in [-0.39, 0.29) is 6.54 Å². The zero-order valence-corrected chi connectivity index (χ0v) is 26.3. The summed E-state index contributed by atoms with van der Waals surface area (Å²) in [6.07, 6.45) is 3.19. The van der Waals surface area contributed by atoms with E-state index in [1.807, 2.05) is 30.3 Å². The van der Waals surface area contributed by atoms with Crippen molar-refractivity contribution in [2.45, 2.75) is 44.9 Å². The standard InChI is InChI=1S/C32H36ClN5O5S/c1-44(41,42)37-12-9-30-27(21-37)31(35-38(30)11-2-10-36-13-15-43-16-14-36)24-7-8-28(33)23(18-24)5-3-22-4-6-25-20-34-29(32(39)40)19-26(25)17-22/h4,6-8,17-18,29,34H,2,9-16,19-21H2,1H3,(H,39,40). The summed E-state index contributed by atoms with van der Waals surface area (Å²) >= 11 is 6.59. The Balaban J connectivity index is 1.28. The first kappa shape index (κ1) is 30.8. The van der Waals surface area contributed by atoms with Gasteiger partial charge in [-0.15, -0.1) is 0 Å². The van der Waals surface area contributed by atoms with Gasteiger partial charge in [-0.05, 0) is 48.2 Å². The Morgan fingerprint density at radius 3 is 2.70 bits per heavy atom. The van der Waals surface area contributed by atoms with E-state index in [1.54, 1.807) is 6.07 Å². The van der Waals surface area contributed by atoms with Gasteiger partial charge in [-0.1, -0.05) is 35.6 Å². The van der Waals surface area contributed by atoms with Gasteiger partial charge < -0.3 is 15.2 Å². The van der Waals surface area contributed by atoms with Crippen LogP contribution in [0.25, 0.3) is 11.3 Å². The average molecular weight is 638 g/mol. The van der Waals surface area contributed by atoms with E-state index in [0.29, 0.717) is 36.5 Å². The summed E-state index contributed by atoms with van der Waals surface area (Å²) in [7, 11) is -3.36. The largest absolute Gasteiger partial charge is 0.480 e. The molecule has 6 rings (SSSR count). The quantitative estimate of drug-likeness (QED) is 0.380. The molecule has 0 amide bonds. The molecule has 1 aromatic heterocycles. The SMILES string of the molecule is CS(=O)(=O)N1CCc2c(c(-c3ccc(Cl)c(C#Cc4ccc5c(c4)CC(C(=O)O)NC5)c3)nn2CCCN2CCOCC2)C1. The lowest BCUT2D eigenvalue weighted by Gasteiger charge is -2.27. The van der Waals surface area contributed by atoms with Crippen molar-refractivity contribution in [3.8, 4) is 23.1 Å². The number of aliphatic carboxylic acids is 1. The van der Waals surface area contributed by atoms with E-state index in [1.165, 1.54) is 10.6 Å². The summed E-state index contributed by atoms with van der Waals surface area (Å²) in [5, 5.41) is 18.0. The van der Waals surface area contributed by atoms with Gasteiger partial charge in [0.25, 0.3) is 0 Å². The van der Waals surface area contributed by atoms with Crippen LogP contribution in [0.4, 0.5) is 0 Å². The number of aromatic nitrogens is 2. The van der Waals surface area contributed by atoms with Gasteiger partial charge in [-0.3, -0.25) is 14.4 Å². The Labute approximate surface area is 263 Å². The van der Waals surface area contributed by atoms with Crippen molar-refractivity contribution in [3.05, 3.63) is 74.9 Å². The minimum atomic E-state index is -3.36. The van der Waals surface area contributed by atoms with Crippen LogP contribution in [0.5, 0.6) is 0 Å². The fraction of sp³-hybridized carbons (Fsp3) is 0.438. The van der Waals surface area contributed by atoms with Crippen LogP contribution in [0.15, 0.2) is 36.4 Å². The maximum absolute atomic E-state index is 12.5. The topological polar surface area (TPSA) is 117 Å². The van der Waals surface area contributed by atoms with Crippen LogP contribution in [0.3, 0.4) is 0 Å². The van der Waals surface area contributed by atoms with E-state index in [2.05, 4.69) is 26.7 Å². The minimum Gasteiger partial charge on any atom is -0.480 e. The number of hydrogen-bond acceptors (Lipinski definition) is 7. The van der Waals surface area contributed by atoms with Crippen molar-refractivity contribution >= 4 is 27.6 Å². The van der Waals surface area contributed by atoms with Gasteiger partial charge in [0.2, 0.25) is 10.0 Å². The summed E-state index contributed by atoms with van der Waals surface area (Å²) in [6, 6.07) is 10.9. The van der Waals surface area contributed by atoms with E-state index >= 15 is 0 Å². The molecule has 3 aliphatic heterocycles. The number of nitrogens with one attached hydrogen (secondary N) is 1. The zero-order valence-electron chi connectivity index (χ0n) is 24.7. The van der Waals surface area contributed by atoms with Crippen LogP contribution in [0, 0.1) is 11.8 Å². The molecule has 0 aliphatic carbocycles. The van der Waals surface area contributed by atoms with Gasteiger partial charge >= 0.3 is 5.97 Å². The highest BCUT2D eigenvalue weighted by Gasteiger charge is 2.30. The summed E-state index contributed by atoms with van der Waals surface area (Å²) < 4.78 is 34.0. The number of ether oxygens (including phenoxy) is 1. The highest BCUT2D eigenvalue weighted by molar-refractivity contribution is 7.88. The van der Waals surface area contributed by atoms with Crippen molar-refractivity contribution in [1.29, 1.82) is 0 Å². The monoisotopic (exact) mass is 637 g/mol. The van der Waals surface area contributed by atoms with Crippen molar-refractivity contribution in [1.82, 2.24) is 24.3 Å². The molecule has 0 bridgehead atoms. The Bertz CT molecular complexity index is 1740. The van der Waals surface area contributed by atoms with Crippen LogP contribution in [-0.2, 0) is 52.0 Å². The molecule has 2 aromatic carbocycles. The molecule has 1 saturated heterocycles. The van der Waals surface area contributed by atoms with Gasteiger partial charge in [-0.2, -0.15) is 9.40 Å². The third kappa shape index (κ3) is 6.86. The first-order valence-corrected chi connectivity index (χ1v) is 17.1. The Morgan fingerprint density at radius 2 is 1.93 bits per heavy atom. The lowest BCUT2D eigenvalue weighted by atomic mass is 9.94. The normalized spacial score (nSPS) is 19.1. The van der Waals surface area contributed by atoms with Gasteiger partial charge in [0.15, 0.2) is 0 Å². The van der Waals surface area contributed by atoms with E-state index in [0.717, 1.165) is 85.0 Å². The second kappa shape index (κ2) is 13.0. The van der Waals surface area contributed by atoms with E-state index in [4.69, 9.17) is 21.4 Å². The van der Waals surface area contributed by atoms with Gasteiger partial charge in [-0.25, -0.2) is 8.42 Å². The smallest absolute Gasteiger partial charge is 0.321 e. The number of fused-ring (bicyclic) bond motifs is 2. The first-order valence-electron chi connectivity index (χ1n) is 14.9. The van der Waals surface area contributed by atoms with E-state index in [9.17, 15) is 18.3 Å². The molecule has 12 heteroatoms. The summed E-state index contributed by atoms with van der Waals surface area (Å²) in [5.74, 6) is 5.54. The summed E-state index contributed by atoms with van der Waals surface area (Å²) in [5.41, 5.74) is 7.04. The molecule has 0 saturated carbocycles. The first-order chi connectivity index (χ1) is 21.2. The highest BCUT2D eigenvalue weighted by atomic mass is 35.5. The van der Waals surface area contributed by atoms with Crippen LogP contribution in [0.2, 0.25) is 5.02 Å². The van der Waals surface area contributed by atoms with Crippen LogP contribution >= 0.6 is 11.6 Å². The average Bonchev–Trinajstić information content (AvgIpc) is 3.38. The molecule has 2 N–H and O–H groups in total. The maximum atomic E-state index is 12.5. The molecule has 1 unspecified atom stereocenters. The molecular weight excluding hydrogens is 602 g/mol. The van der Waals surface area contributed by atoms with Crippen LogP contribution < -0.4 is 5.32 Å². The lowest BCUT2D eigenvalue weighted by molar-refractivity contribution is -0.139. The number of nitrogens with zero attached hydrogens (tertiary/aromatic N) is 4. The van der Waals surface area contributed by atoms with Crippen molar-refractivity contribution in [2.75, 3.05) is 45.6 Å². The molecule has 0 radical (unpaired) electrons. The predicted octanol–water partition coefficient (Wildman–Crippen LogP) is 2.74. The van der Waals surface area contributed by atoms with Crippen molar-refractivity contribution < 1.29 is 23.1 Å². The Morgan fingerprint density at radius 1 is 1.11 bits per heavy atom. The summed E-state index contributed by atoms with van der Waals surface area (Å²) in [4.78, 5) is 13.9. The molecule has 0 spiro atoms. The number of benzene rings is 2. The lowest BCUT2D eigenvalue weighted by Crippen LogP contribution is -2.41. The predicted molar refractivity (Wildman–Crippen MR) is 168 cm³/mol. The number of aryl methyl sites for hydroxylation is 1. The number of rotatable bonds is 7. The Hall–Kier alpha value is -3.24. The van der Waals surface area contributed by atoms with Crippen LogP contribution in [-0.4, -0.2) is 90.2 Å². The fourth-order valence-electron chi connectivity index (χ4n) is 6.11. The molecule has 4 heterocycles. The number of sulfonamides is 1. The maximum Gasteiger partial charge on any atom is 0.321 e. The van der Waals surface area contributed by atoms with Crippen LogP contribution in [0.1, 0.15) is 39.9 Å². The second-order valence-electron chi connectivity index (χ2n) is 11.6. The zero-order chi connectivity index (χ0) is 30.8. The molecule has 10 nitrogen and oxygen atoms in total. The number of carboxylic acids is 1. The van der Waals surface area contributed by atoms with Gasteiger partial charge in [0.05, 0.1) is 30.2 Å². The Kier molecular flexibility index (Phi) is 9.10. The third-order valence-corrected chi connectivity index (χ3v) is 10.1. The summed E-state index contributed by atoms with van der Waals surface area (Å²) in [6.45, 7) is 6.32. The van der Waals surface area contributed by atoms with Crippen molar-refractivity contribution in [2.24, 2.45) is 0 Å². The number of halogens is 1. The van der Waals surface area contributed by atoms with Crippen molar-refractivity contribution in [3.63, 3.8) is 0 Å². The molecule has 232 valence electrons. The molecular formula is C32H36ClN5O5S. The van der Waals surface area contributed by atoms with Gasteiger partial charge in [0, 0.05) is 80.2 Å². The number of carbonyl (C=O) groups is 1. The number of morpholine rings is 1. The second-order valence-corrected chi connectivity index (χ2v) is 13.9. The molecule has 3 aromatic rings.